The van der Waals surface area contributed by atoms with Crippen molar-refractivity contribution in [3.63, 3.8) is 0 Å². The molecule has 3 rings (SSSR count). The molecule has 124 valence electrons. The van der Waals surface area contributed by atoms with Crippen molar-refractivity contribution in [2.45, 2.75) is 51.9 Å². The Hall–Kier alpha value is -1.91. The van der Waals surface area contributed by atoms with Gasteiger partial charge >= 0.3 is 0 Å². The first-order chi connectivity index (χ1) is 11.2. The average Bonchev–Trinajstić information content (AvgIpc) is 3.10. The number of amides is 1. The maximum absolute atomic E-state index is 12.4. The van der Waals surface area contributed by atoms with Crippen LogP contribution in [0.5, 0.6) is 0 Å². The summed E-state index contributed by atoms with van der Waals surface area (Å²) in [6, 6.07) is 1.77. The summed E-state index contributed by atoms with van der Waals surface area (Å²) in [7, 11) is 0. The molecule has 0 saturated carbocycles. The molecule has 2 aliphatic rings. The Morgan fingerprint density at radius 3 is 2.78 bits per heavy atom. The number of hydrogen-bond acceptors (Lipinski definition) is 4. The minimum absolute atomic E-state index is 0.0904. The van der Waals surface area contributed by atoms with Gasteiger partial charge in [0, 0.05) is 25.3 Å². The number of allylic oxidation sites excluding steroid dienone is 1. The summed E-state index contributed by atoms with van der Waals surface area (Å²) in [6.45, 7) is 4.58. The van der Waals surface area contributed by atoms with E-state index in [-0.39, 0.29) is 5.91 Å². The summed E-state index contributed by atoms with van der Waals surface area (Å²) in [4.78, 5) is 23.5. The van der Waals surface area contributed by atoms with Crippen molar-refractivity contribution < 1.29 is 4.79 Å². The van der Waals surface area contributed by atoms with Gasteiger partial charge in [-0.1, -0.05) is 11.6 Å². The molecule has 5 nitrogen and oxygen atoms in total. The molecule has 2 heterocycles. The fourth-order valence-corrected chi connectivity index (χ4v) is 3.29. The van der Waals surface area contributed by atoms with Gasteiger partial charge in [-0.25, -0.2) is 9.97 Å². The van der Waals surface area contributed by atoms with Gasteiger partial charge in [-0.15, -0.1) is 0 Å². The van der Waals surface area contributed by atoms with Crippen molar-refractivity contribution in [2.75, 3.05) is 24.5 Å². The third kappa shape index (κ3) is 4.30. The number of anilines is 1. The molecule has 0 atom stereocenters. The zero-order valence-corrected chi connectivity index (χ0v) is 14.0. The van der Waals surface area contributed by atoms with Crippen LogP contribution < -0.4 is 10.2 Å². The van der Waals surface area contributed by atoms with Gasteiger partial charge in [-0.2, -0.15) is 0 Å². The molecule has 1 aliphatic heterocycles. The van der Waals surface area contributed by atoms with Crippen LogP contribution >= 0.6 is 0 Å². The summed E-state index contributed by atoms with van der Waals surface area (Å²) in [5.74, 6) is 0.606. The quantitative estimate of drug-likeness (QED) is 0.849. The lowest BCUT2D eigenvalue weighted by molar-refractivity contribution is 0.0949. The minimum Gasteiger partial charge on any atom is -0.350 e. The van der Waals surface area contributed by atoms with Gasteiger partial charge in [0.15, 0.2) is 0 Å². The molecular weight excluding hydrogens is 288 g/mol. The summed E-state index contributed by atoms with van der Waals surface area (Å²) in [6.07, 6.45) is 10.6. The number of nitrogens with one attached hydrogen (secondary N) is 1. The summed E-state index contributed by atoms with van der Waals surface area (Å²) in [5.41, 5.74) is 2.81. The van der Waals surface area contributed by atoms with Crippen LogP contribution in [-0.2, 0) is 0 Å². The molecule has 0 radical (unpaired) electrons. The van der Waals surface area contributed by atoms with Crippen molar-refractivity contribution in [2.24, 2.45) is 0 Å². The van der Waals surface area contributed by atoms with Crippen LogP contribution in [0.25, 0.3) is 0 Å². The molecule has 0 unspecified atom stereocenters. The number of aryl methyl sites for hydroxylation is 1. The second-order valence-electron chi connectivity index (χ2n) is 6.50. The standard InChI is InChI=1S/C18H26N4O/c1-14-13-16(21-18(20-14)22-11-5-6-12-22)17(23)19-10-9-15-7-3-2-4-8-15/h7,13H,2-6,8-12H2,1H3,(H,19,23). The molecule has 0 spiro atoms. The lowest BCUT2D eigenvalue weighted by atomic mass is 9.97. The van der Waals surface area contributed by atoms with Gasteiger partial charge in [0.2, 0.25) is 5.95 Å². The van der Waals surface area contributed by atoms with Crippen molar-refractivity contribution in [1.29, 1.82) is 0 Å². The van der Waals surface area contributed by atoms with Crippen LogP contribution in [0.2, 0.25) is 0 Å². The molecule has 0 aromatic carbocycles. The highest BCUT2D eigenvalue weighted by atomic mass is 16.1. The first-order valence-corrected chi connectivity index (χ1v) is 8.79. The molecule has 1 amide bonds. The van der Waals surface area contributed by atoms with Crippen LogP contribution in [0.3, 0.4) is 0 Å². The predicted molar refractivity (Wildman–Crippen MR) is 91.7 cm³/mol. The van der Waals surface area contributed by atoms with E-state index in [1.54, 1.807) is 6.07 Å². The zero-order valence-electron chi connectivity index (χ0n) is 14.0. The number of aromatic nitrogens is 2. The summed E-state index contributed by atoms with van der Waals surface area (Å²) < 4.78 is 0. The van der Waals surface area contributed by atoms with Crippen molar-refractivity contribution in [1.82, 2.24) is 15.3 Å². The predicted octanol–water partition coefficient (Wildman–Crippen LogP) is 3.01. The van der Waals surface area contributed by atoms with Gasteiger partial charge in [0.05, 0.1) is 0 Å². The maximum Gasteiger partial charge on any atom is 0.270 e. The third-order valence-electron chi connectivity index (χ3n) is 4.58. The molecule has 1 fully saturated rings. The molecule has 5 heteroatoms. The molecule has 1 aromatic heterocycles. The van der Waals surface area contributed by atoms with E-state index in [9.17, 15) is 4.79 Å². The number of nitrogens with zero attached hydrogens (tertiary/aromatic N) is 3. The van der Waals surface area contributed by atoms with Crippen molar-refractivity contribution >= 4 is 11.9 Å². The summed E-state index contributed by atoms with van der Waals surface area (Å²) in [5, 5.41) is 3.00. The monoisotopic (exact) mass is 314 g/mol. The van der Waals surface area contributed by atoms with Crippen LogP contribution in [0.15, 0.2) is 17.7 Å². The Bertz CT molecular complexity index is 591. The molecule has 1 aliphatic carbocycles. The highest BCUT2D eigenvalue weighted by Crippen LogP contribution is 2.19. The normalized spacial score (nSPS) is 18.0. The Kier molecular flexibility index (Phi) is 5.26. The van der Waals surface area contributed by atoms with E-state index in [2.05, 4.69) is 26.3 Å². The van der Waals surface area contributed by atoms with Crippen molar-refractivity contribution in [3.05, 3.63) is 29.1 Å². The lowest BCUT2D eigenvalue weighted by Crippen LogP contribution is -2.28. The molecule has 1 aromatic rings. The van der Waals surface area contributed by atoms with E-state index in [1.807, 2.05) is 6.92 Å². The number of carbonyl (C=O) groups excluding carboxylic acids is 1. The molecule has 1 N–H and O–H groups in total. The van der Waals surface area contributed by atoms with Crippen LogP contribution in [0, 0.1) is 6.92 Å². The first-order valence-electron chi connectivity index (χ1n) is 8.79. The second kappa shape index (κ2) is 7.57. The number of rotatable bonds is 5. The molecule has 1 saturated heterocycles. The van der Waals surface area contributed by atoms with Gasteiger partial charge in [-0.05, 0) is 57.9 Å². The maximum atomic E-state index is 12.4. The highest BCUT2D eigenvalue weighted by molar-refractivity contribution is 5.92. The molecular formula is C18H26N4O. The smallest absolute Gasteiger partial charge is 0.270 e. The average molecular weight is 314 g/mol. The minimum atomic E-state index is -0.0904. The van der Waals surface area contributed by atoms with E-state index in [4.69, 9.17) is 0 Å². The van der Waals surface area contributed by atoms with Crippen LogP contribution in [0.4, 0.5) is 5.95 Å². The zero-order chi connectivity index (χ0) is 16.1. The number of carbonyl (C=O) groups is 1. The van der Waals surface area contributed by atoms with E-state index in [1.165, 1.54) is 44.1 Å². The van der Waals surface area contributed by atoms with Crippen LogP contribution in [0.1, 0.15) is 61.1 Å². The Morgan fingerprint density at radius 1 is 1.22 bits per heavy atom. The Labute approximate surface area is 138 Å². The van der Waals surface area contributed by atoms with E-state index >= 15 is 0 Å². The van der Waals surface area contributed by atoms with Gasteiger partial charge in [0.25, 0.3) is 5.91 Å². The Morgan fingerprint density at radius 2 is 2.04 bits per heavy atom. The van der Waals surface area contributed by atoms with E-state index in [0.717, 1.165) is 25.2 Å². The Balaban J connectivity index is 1.59. The van der Waals surface area contributed by atoms with Gasteiger partial charge in [-0.3, -0.25) is 4.79 Å². The summed E-state index contributed by atoms with van der Waals surface area (Å²) >= 11 is 0. The largest absolute Gasteiger partial charge is 0.350 e. The molecule has 0 bridgehead atoms. The fourth-order valence-electron chi connectivity index (χ4n) is 3.29. The topological polar surface area (TPSA) is 58.1 Å². The third-order valence-corrected chi connectivity index (χ3v) is 4.58. The van der Waals surface area contributed by atoms with Gasteiger partial charge < -0.3 is 10.2 Å². The van der Waals surface area contributed by atoms with Crippen LogP contribution in [-0.4, -0.2) is 35.5 Å². The lowest BCUT2D eigenvalue weighted by Gasteiger charge is -2.16. The number of hydrogen-bond donors (Lipinski definition) is 1. The highest BCUT2D eigenvalue weighted by Gasteiger charge is 2.18. The van der Waals surface area contributed by atoms with Crippen molar-refractivity contribution in [3.8, 4) is 0 Å². The van der Waals surface area contributed by atoms with Gasteiger partial charge in [0.1, 0.15) is 5.69 Å². The van der Waals surface area contributed by atoms with E-state index in [0.29, 0.717) is 18.2 Å². The fraction of sp³-hybridized carbons (Fsp3) is 0.611. The second-order valence-corrected chi connectivity index (χ2v) is 6.50. The molecule has 23 heavy (non-hydrogen) atoms. The first kappa shape index (κ1) is 16.0. The van der Waals surface area contributed by atoms with E-state index < -0.39 is 0 Å². The SMILES string of the molecule is Cc1cc(C(=O)NCCC2=CCCCC2)nc(N2CCCC2)n1.